The first kappa shape index (κ1) is 36.3. The van der Waals surface area contributed by atoms with E-state index >= 15 is 0 Å². The number of nitrogens with one attached hydrogen (secondary N) is 1. The van der Waals surface area contributed by atoms with Crippen LogP contribution in [0.25, 0.3) is 0 Å². The zero-order valence-electron chi connectivity index (χ0n) is 29.9. The lowest BCUT2D eigenvalue weighted by atomic mass is 9.33. The van der Waals surface area contributed by atoms with Gasteiger partial charge in [-0.15, -0.1) is 0 Å². The van der Waals surface area contributed by atoms with Crippen LogP contribution in [0.3, 0.4) is 0 Å². The van der Waals surface area contributed by atoms with Crippen LogP contribution in [0, 0.1) is 34.5 Å². The molecule has 0 aromatic heterocycles. The Kier molecular flexibility index (Phi) is 11.9. The zero-order valence-corrected chi connectivity index (χ0v) is 29.9. The molecule has 1 aromatic rings. The van der Waals surface area contributed by atoms with Crippen molar-refractivity contribution in [2.24, 2.45) is 34.5 Å². The molecule has 3 aliphatic carbocycles. The van der Waals surface area contributed by atoms with Crippen molar-refractivity contribution < 1.29 is 19.2 Å². The van der Waals surface area contributed by atoms with E-state index in [-0.39, 0.29) is 64.6 Å². The summed E-state index contributed by atoms with van der Waals surface area (Å²) in [5.74, 6) is 0.346. The van der Waals surface area contributed by atoms with Gasteiger partial charge in [-0.2, -0.15) is 0 Å². The topological polar surface area (TPSA) is 86.8 Å². The molecule has 1 saturated heterocycles. The summed E-state index contributed by atoms with van der Waals surface area (Å²) in [5.41, 5.74) is 0.749. The van der Waals surface area contributed by atoms with Crippen molar-refractivity contribution in [1.82, 2.24) is 15.1 Å². The quantitative estimate of drug-likeness (QED) is 0.212. The highest BCUT2D eigenvalue weighted by molar-refractivity contribution is 5.94. The minimum atomic E-state index is -0.536. The van der Waals surface area contributed by atoms with E-state index in [4.69, 9.17) is 0 Å². The van der Waals surface area contributed by atoms with E-state index in [1.54, 1.807) is 11.9 Å². The summed E-state index contributed by atoms with van der Waals surface area (Å²) in [6.07, 6.45) is 8.44. The molecule has 7 heteroatoms. The molecule has 5 atom stereocenters. The molecule has 5 rings (SSSR count). The molecular formula is C39H61N3O4. The number of benzene rings is 1. The van der Waals surface area contributed by atoms with Crippen molar-refractivity contribution in [3.05, 3.63) is 35.9 Å². The van der Waals surface area contributed by atoms with Crippen LogP contribution >= 0.6 is 0 Å². The molecular weight excluding hydrogens is 574 g/mol. The van der Waals surface area contributed by atoms with Gasteiger partial charge in [-0.05, 0) is 87.3 Å². The van der Waals surface area contributed by atoms with E-state index in [0.717, 1.165) is 64.3 Å². The number of carbonyl (C=O) groups excluding carboxylic acids is 4. The van der Waals surface area contributed by atoms with Crippen LogP contribution in [-0.4, -0.2) is 71.9 Å². The highest BCUT2D eigenvalue weighted by Crippen LogP contribution is 2.75. The number of Topliss-reactive ketones (excluding diaryl/α,β-unsaturated/α-hetero) is 2. The van der Waals surface area contributed by atoms with E-state index in [1.165, 1.54) is 5.56 Å². The van der Waals surface area contributed by atoms with Gasteiger partial charge in [0.1, 0.15) is 0 Å². The van der Waals surface area contributed by atoms with Crippen molar-refractivity contribution in [2.75, 3.05) is 20.6 Å². The maximum atomic E-state index is 14.1. The summed E-state index contributed by atoms with van der Waals surface area (Å²) in [6, 6.07) is 9.78. The van der Waals surface area contributed by atoms with Gasteiger partial charge >= 0.3 is 0 Å². The average molecular weight is 636 g/mol. The predicted octanol–water partition coefficient (Wildman–Crippen LogP) is 6.48. The van der Waals surface area contributed by atoms with Gasteiger partial charge < -0.3 is 10.2 Å². The molecule has 5 unspecified atom stereocenters. The van der Waals surface area contributed by atoms with Crippen LogP contribution in [0.4, 0.5) is 0 Å². The Hall–Kier alpha value is -2.54. The fraction of sp³-hybridized carbons (Fsp3) is 0.744. The first-order chi connectivity index (χ1) is 21.7. The molecule has 2 amide bonds. The first-order valence-corrected chi connectivity index (χ1v) is 18.1. The number of hydrogen-bond acceptors (Lipinski definition) is 5. The van der Waals surface area contributed by atoms with Gasteiger partial charge in [0, 0.05) is 31.8 Å². The zero-order chi connectivity index (χ0) is 33.8. The molecule has 4 fully saturated rings. The van der Waals surface area contributed by atoms with Gasteiger partial charge in [-0.3, -0.25) is 24.1 Å². The third-order valence-electron chi connectivity index (χ3n) is 11.5. The lowest BCUT2D eigenvalue weighted by Crippen LogP contribution is -2.69. The predicted molar refractivity (Wildman–Crippen MR) is 184 cm³/mol. The summed E-state index contributed by atoms with van der Waals surface area (Å²) in [7, 11) is 3.77. The van der Waals surface area contributed by atoms with Crippen LogP contribution in [0.2, 0.25) is 0 Å². The molecule has 1 heterocycles. The maximum absolute atomic E-state index is 14.1. The van der Waals surface area contributed by atoms with Gasteiger partial charge in [0.25, 0.3) is 0 Å². The molecule has 4 aliphatic rings. The van der Waals surface area contributed by atoms with E-state index in [9.17, 15) is 19.2 Å². The number of nitrogens with zero attached hydrogens (tertiary/aromatic N) is 2. The number of likely N-dealkylation sites (tertiary alicyclic amines) is 1. The highest BCUT2D eigenvalue weighted by atomic mass is 16.2. The van der Waals surface area contributed by atoms with E-state index in [0.29, 0.717) is 12.3 Å². The summed E-state index contributed by atoms with van der Waals surface area (Å²) in [5, 5.41) is 3.38. The molecule has 0 spiro atoms. The summed E-state index contributed by atoms with van der Waals surface area (Å²) in [4.78, 5) is 58.8. The first-order valence-electron chi connectivity index (χ1n) is 18.1. The second-order valence-electron chi connectivity index (χ2n) is 16.2. The molecule has 0 radical (unpaired) electrons. The highest BCUT2D eigenvalue weighted by Gasteiger charge is 2.71. The fourth-order valence-corrected chi connectivity index (χ4v) is 8.98. The van der Waals surface area contributed by atoms with Gasteiger partial charge in [-0.25, -0.2) is 0 Å². The molecule has 1 N–H and O–H groups in total. The van der Waals surface area contributed by atoms with E-state index < -0.39 is 12.0 Å². The summed E-state index contributed by atoms with van der Waals surface area (Å²) in [6.45, 7) is 13.4. The van der Waals surface area contributed by atoms with Gasteiger partial charge in [0.2, 0.25) is 11.8 Å². The smallest absolute Gasteiger partial charge is 0.226 e. The van der Waals surface area contributed by atoms with Crippen LogP contribution in [0.15, 0.2) is 30.3 Å². The Morgan fingerprint density at radius 2 is 1.65 bits per heavy atom. The molecule has 256 valence electrons. The van der Waals surface area contributed by atoms with Crippen LogP contribution < -0.4 is 5.32 Å². The SMILES string of the molecule is CCC(C)C(CC(=O)C1CCCCN1C)C(=O)N(C)C(C(=O)CC12CC(C(=O)NC(Cc3ccccc3)CC(C)C)(C1)C2)C(C)C. The van der Waals surface area contributed by atoms with Crippen molar-refractivity contribution >= 4 is 23.4 Å². The van der Waals surface area contributed by atoms with E-state index in [1.807, 2.05) is 39.1 Å². The van der Waals surface area contributed by atoms with Crippen LogP contribution in [-0.2, 0) is 25.6 Å². The Morgan fingerprint density at radius 3 is 2.22 bits per heavy atom. The molecule has 3 saturated carbocycles. The van der Waals surface area contributed by atoms with Crippen LogP contribution in [0.1, 0.15) is 111 Å². The number of likely N-dealkylation sites (N-methyl/N-ethyl adjacent to an activating group) is 2. The maximum Gasteiger partial charge on any atom is 0.226 e. The normalized spacial score (nSPS) is 26.8. The summed E-state index contributed by atoms with van der Waals surface area (Å²) >= 11 is 0. The van der Waals surface area contributed by atoms with E-state index in [2.05, 4.69) is 50.0 Å². The number of rotatable bonds is 17. The third-order valence-corrected chi connectivity index (χ3v) is 11.5. The molecule has 46 heavy (non-hydrogen) atoms. The minimum Gasteiger partial charge on any atom is -0.353 e. The number of hydrogen-bond donors (Lipinski definition) is 1. The average Bonchev–Trinajstić information content (AvgIpc) is 2.96. The number of ketones is 2. The largest absolute Gasteiger partial charge is 0.353 e. The lowest BCUT2D eigenvalue weighted by Gasteiger charge is -2.69. The Bertz CT molecular complexity index is 1210. The Morgan fingerprint density at radius 1 is 1.00 bits per heavy atom. The van der Waals surface area contributed by atoms with Crippen molar-refractivity contribution in [3.63, 3.8) is 0 Å². The van der Waals surface area contributed by atoms with Crippen molar-refractivity contribution in [2.45, 2.75) is 130 Å². The Balaban J connectivity index is 1.36. The second-order valence-corrected chi connectivity index (χ2v) is 16.2. The van der Waals surface area contributed by atoms with Gasteiger partial charge in [-0.1, -0.05) is 84.7 Å². The molecule has 1 aromatic carbocycles. The minimum absolute atomic E-state index is 0.0430. The molecule has 1 aliphatic heterocycles. The van der Waals surface area contributed by atoms with Crippen molar-refractivity contribution in [1.29, 1.82) is 0 Å². The monoisotopic (exact) mass is 635 g/mol. The van der Waals surface area contributed by atoms with Crippen LogP contribution in [0.5, 0.6) is 0 Å². The number of amides is 2. The standard InChI is InChI=1S/C39H61N3O4/c1-9-28(6)31(21-33(43)32-17-13-14-18-41(32)7)36(45)42(8)35(27(4)5)34(44)22-38-23-39(24-38,25-38)37(46)40-30(19-26(2)3)20-29-15-11-10-12-16-29/h10-12,15-16,26-28,30-32,35H,9,13-14,17-25H2,1-8H3,(H,40,46). The number of piperidine rings is 1. The Labute approximate surface area is 278 Å². The molecule has 7 nitrogen and oxygen atoms in total. The second kappa shape index (κ2) is 15.1. The van der Waals surface area contributed by atoms with Gasteiger partial charge in [0.05, 0.1) is 17.5 Å². The fourth-order valence-electron chi connectivity index (χ4n) is 8.98. The third kappa shape index (κ3) is 8.11. The lowest BCUT2D eigenvalue weighted by molar-refractivity contribution is -0.211. The molecule has 2 bridgehead atoms. The summed E-state index contributed by atoms with van der Waals surface area (Å²) < 4.78 is 0. The van der Waals surface area contributed by atoms with Crippen molar-refractivity contribution in [3.8, 4) is 0 Å². The number of carbonyl (C=O) groups is 4. The van der Waals surface area contributed by atoms with Gasteiger partial charge in [0.15, 0.2) is 11.6 Å².